The van der Waals surface area contributed by atoms with Crippen LogP contribution in [0, 0.1) is 19.8 Å². The number of unbranched alkanes of at least 4 members (excludes halogenated alkanes) is 15. The van der Waals surface area contributed by atoms with Gasteiger partial charge in [-0.15, -0.1) is 0 Å². The Bertz CT molecular complexity index is 1680. The zero-order valence-corrected chi connectivity index (χ0v) is 39.9. The Morgan fingerprint density at radius 2 is 0.836 bits per heavy atom. The number of nitrogen functional groups attached to an aromatic ring is 2. The molecule has 5 rings (SSSR count). The van der Waals surface area contributed by atoms with Crippen LogP contribution >= 0.6 is 0 Å². The molecule has 61 heavy (non-hydrogen) atoms. The van der Waals surface area contributed by atoms with E-state index in [1.165, 1.54) is 200 Å². The fraction of sp³-hybridized carbons (Fsp3) is 0.593. The molecule has 1 saturated carbocycles. The smallest absolute Gasteiger partial charge is 0.0316 e. The fourth-order valence-electron chi connectivity index (χ4n) is 11.4. The zero-order chi connectivity index (χ0) is 43.3. The first-order valence-corrected chi connectivity index (χ1v) is 25.7. The standard InChI is InChI=1S/C59H88N2/c1-6-9-12-15-18-24-29-57(55-41-39-53(60)44-46(55)4)48-31-35-51(36-32-48)59(50-27-22-21-23-28-50,43-26-20-17-14-11-8-3)52-37-33-49(34-38-52)58(30-25-19-16-13-10-7-2)56-42-40-54(61)45-47(56)5/h31-42,44-45,50,57-58H,6-30,43,60-61H2,1-5H3. The van der Waals surface area contributed by atoms with Crippen molar-refractivity contribution >= 4 is 11.4 Å². The van der Waals surface area contributed by atoms with Crippen LogP contribution in [0.15, 0.2) is 84.9 Å². The van der Waals surface area contributed by atoms with Gasteiger partial charge in [0.25, 0.3) is 0 Å². The molecule has 2 unspecified atom stereocenters. The van der Waals surface area contributed by atoms with Gasteiger partial charge in [0, 0.05) is 28.6 Å². The van der Waals surface area contributed by atoms with Crippen LogP contribution in [0.25, 0.3) is 0 Å². The zero-order valence-electron chi connectivity index (χ0n) is 39.9. The van der Waals surface area contributed by atoms with Gasteiger partial charge in [-0.3, -0.25) is 0 Å². The van der Waals surface area contributed by atoms with Crippen LogP contribution in [0.4, 0.5) is 11.4 Å². The Hall–Kier alpha value is -3.52. The van der Waals surface area contributed by atoms with Crippen LogP contribution in [0.2, 0.25) is 0 Å². The Labute approximate surface area is 375 Å². The highest BCUT2D eigenvalue weighted by atomic mass is 14.5. The lowest BCUT2D eigenvalue weighted by atomic mass is 9.59. The summed E-state index contributed by atoms with van der Waals surface area (Å²) in [5.74, 6) is 1.44. The third-order valence-corrected chi connectivity index (χ3v) is 14.9. The first-order chi connectivity index (χ1) is 29.8. The van der Waals surface area contributed by atoms with E-state index >= 15 is 0 Å². The number of anilines is 2. The molecule has 0 spiro atoms. The third-order valence-electron chi connectivity index (χ3n) is 14.9. The number of aryl methyl sites for hydroxylation is 2. The molecule has 2 atom stereocenters. The van der Waals surface area contributed by atoms with Crippen molar-refractivity contribution in [1.29, 1.82) is 0 Å². The van der Waals surface area contributed by atoms with Crippen molar-refractivity contribution in [3.63, 3.8) is 0 Å². The first-order valence-electron chi connectivity index (χ1n) is 25.7. The maximum atomic E-state index is 6.31. The van der Waals surface area contributed by atoms with Gasteiger partial charge in [0.15, 0.2) is 0 Å². The van der Waals surface area contributed by atoms with Crippen molar-refractivity contribution in [3.8, 4) is 0 Å². The van der Waals surface area contributed by atoms with E-state index in [0.717, 1.165) is 11.4 Å². The molecular formula is C59H88N2. The van der Waals surface area contributed by atoms with Gasteiger partial charge in [-0.2, -0.15) is 0 Å². The average Bonchev–Trinajstić information content (AvgIpc) is 3.27. The quantitative estimate of drug-likeness (QED) is 0.0443. The summed E-state index contributed by atoms with van der Waals surface area (Å²) in [7, 11) is 0. The molecule has 0 radical (unpaired) electrons. The first kappa shape index (κ1) is 48.5. The normalized spacial score (nSPS) is 15.4. The summed E-state index contributed by atoms with van der Waals surface area (Å²) >= 11 is 0. The number of nitrogens with two attached hydrogens (primary N) is 2. The van der Waals surface area contributed by atoms with Crippen LogP contribution in [-0.4, -0.2) is 0 Å². The lowest BCUT2D eigenvalue weighted by molar-refractivity contribution is 0.220. The molecule has 0 saturated heterocycles. The van der Waals surface area contributed by atoms with Gasteiger partial charge in [-0.05, 0) is 121 Å². The van der Waals surface area contributed by atoms with E-state index in [2.05, 4.69) is 120 Å². The molecule has 4 aromatic rings. The highest BCUT2D eigenvalue weighted by Crippen LogP contribution is 2.50. The van der Waals surface area contributed by atoms with Gasteiger partial charge in [0.05, 0.1) is 0 Å². The minimum Gasteiger partial charge on any atom is -0.399 e. The summed E-state index contributed by atoms with van der Waals surface area (Å²) in [5.41, 5.74) is 25.9. The van der Waals surface area contributed by atoms with Gasteiger partial charge >= 0.3 is 0 Å². The largest absolute Gasteiger partial charge is 0.399 e. The van der Waals surface area contributed by atoms with Gasteiger partial charge in [0.1, 0.15) is 0 Å². The van der Waals surface area contributed by atoms with Crippen molar-refractivity contribution in [2.24, 2.45) is 5.92 Å². The number of rotatable bonds is 28. The molecule has 0 amide bonds. The molecule has 0 bridgehead atoms. The molecule has 2 heteroatoms. The topological polar surface area (TPSA) is 52.0 Å². The lowest BCUT2D eigenvalue weighted by Crippen LogP contribution is -2.38. The number of hydrogen-bond donors (Lipinski definition) is 2. The van der Waals surface area contributed by atoms with Crippen LogP contribution in [-0.2, 0) is 5.41 Å². The Morgan fingerprint density at radius 3 is 1.23 bits per heavy atom. The molecular weight excluding hydrogens is 737 g/mol. The van der Waals surface area contributed by atoms with E-state index in [-0.39, 0.29) is 5.41 Å². The van der Waals surface area contributed by atoms with Gasteiger partial charge in [-0.25, -0.2) is 0 Å². The second-order valence-electron chi connectivity index (χ2n) is 19.5. The highest BCUT2D eigenvalue weighted by molar-refractivity contribution is 5.51. The lowest BCUT2D eigenvalue weighted by Gasteiger charge is -2.45. The summed E-state index contributed by atoms with van der Waals surface area (Å²) in [5, 5.41) is 0. The van der Waals surface area contributed by atoms with Crippen molar-refractivity contribution in [2.75, 3.05) is 11.5 Å². The number of benzene rings is 4. The monoisotopic (exact) mass is 825 g/mol. The van der Waals surface area contributed by atoms with E-state index < -0.39 is 0 Å². The van der Waals surface area contributed by atoms with Crippen molar-refractivity contribution in [2.45, 2.75) is 219 Å². The van der Waals surface area contributed by atoms with E-state index in [1.54, 1.807) is 11.1 Å². The van der Waals surface area contributed by atoms with Gasteiger partial charge < -0.3 is 11.5 Å². The summed E-state index contributed by atoms with van der Waals surface area (Å²) in [6.07, 6.45) is 34.3. The molecule has 1 aliphatic rings. The van der Waals surface area contributed by atoms with E-state index in [0.29, 0.717) is 17.8 Å². The van der Waals surface area contributed by atoms with Crippen molar-refractivity contribution in [1.82, 2.24) is 0 Å². The molecule has 0 heterocycles. The van der Waals surface area contributed by atoms with Crippen LogP contribution in [0.1, 0.15) is 244 Å². The van der Waals surface area contributed by atoms with Crippen LogP contribution in [0.5, 0.6) is 0 Å². The second kappa shape index (κ2) is 26.2. The highest BCUT2D eigenvalue weighted by Gasteiger charge is 2.42. The molecule has 4 N–H and O–H groups in total. The van der Waals surface area contributed by atoms with Gasteiger partial charge in [-0.1, -0.05) is 216 Å². The maximum Gasteiger partial charge on any atom is 0.0316 e. The molecule has 0 aromatic heterocycles. The summed E-state index contributed by atoms with van der Waals surface area (Å²) in [4.78, 5) is 0. The fourth-order valence-corrected chi connectivity index (χ4v) is 11.4. The number of hydrogen-bond acceptors (Lipinski definition) is 2. The van der Waals surface area contributed by atoms with E-state index in [1.807, 2.05) is 0 Å². The average molecular weight is 825 g/mol. The van der Waals surface area contributed by atoms with E-state index in [9.17, 15) is 0 Å². The molecule has 0 aliphatic heterocycles. The molecule has 1 aliphatic carbocycles. The Morgan fingerprint density at radius 1 is 0.459 bits per heavy atom. The summed E-state index contributed by atoms with van der Waals surface area (Å²) < 4.78 is 0. The van der Waals surface area contributed by atoms with E-state index in [4.69, 9.17) is 11.5 Å². The van der Waals surface area contributed by atoms with Crippen molar-refractivity contribution in [3.05, 3.63) is 129 Å². The minimum absolute atomic E-state index is 0.0139. The maximum absolute atomic E-state index is 6.31. The minimum atomic E-state index is 0.0139. The summed E-state index contributed by atoms with van der Waals surface area (Å²) in [6, 6.07) is 33.8. The second-order valence-corrected chi connectivity index (χ2v) is 19.5. The molecule has 4 aromatic carbocycles. The molecule has 1 fully saturated rings. The van der Waals surface area contributed by atoms with Crippen molar-refractivity contribution < 1.29 is 0 Å². The Kier molecular flexibility index (Phi) is 20.8. The van der Waals surface area contributed by atoms with Crippen LogP contribution < -0.4 is 11.5 Å². The molecule has 2 nitrogen and oxygen atoms in total. The van der Waals surface area contributed by atoms with Crippen LogP contribution in [0.3, 0.4) is 0 Å². The predicted molar refractivity (Wildman–Crippen MR) is 269 cm³/mol. The Balaban J connectivity index is 1.53. The predicted octanol–water partition coefficient (Wildman–Crippen LogP) is 17.8. The SMILES string of the molecule is CCCCCCCCC(c1ccc(C(CCCCCCCC)(c2ccc(C(CCCCCCCC)c3ccc(N)cc3C)cc2)C2CCCCC2)cc1)c1ccc(N)cc1C. The van der Waals surface area contributed by atoms with Gasteiger partial charge in [0.2, 0.25) is 0 Å². The third kappa shape index (κ3) is 14.0. The summed E-state index contributed by atoms with van der Waals surface area (Å²) in [6.45, 7) is 11.5. The molecule has 334 valence electrons.